The van der Waals surface area contributed by atoms with Crippen molar-refractivity contribution in [3.63, 3.8) is 0 Å². The largest absolute Gasteiger partial charge is 0.495 e. The van der Waals surface area contributed by atoms with Gasteiger partial charge in [0, 0.05) is 5.56 Å². The fourth-order valence-electron chi connectivity index (χ4n) is 1.66. The normalized spacial score (nSPS) is 10.6. The third kappa shape index (κ3) is 3.51. The van der Waals surface area contributed by atoms with Gasteiger partial charge in [-0.3, -0.25) is 5.43 Å². The average molecular weight is 335 g/mol. The van der Waals surface area contributed by atoms with E-state index in [1.165, 1.54) is 0 Å². The Morgan fingerprint density at radius 3 is 2.20 bits per heavy atom. The molecule has 0 aliphatic rings. The number of hydrazone groups is 1. The fourth-order valence-corrected chi connectivity index (χ4v) is 2.21. The summed E-state index contributed by atoms with van der Waals surface area (Å²) < 4.78 is 11.4. The van der Waals surface area contributed by atoms with Gasteiger partial charge in [0.1, 0.15) is 16.0 Å². The number of benzene rings is 2. The van der Waals surface area contributed by atoms with Crippen LogP contribution in [0.2, 0.25) is 0 Å². The number of para-hydroxylation sites is 1. The summed E-state index contributed by atoms with van der Waals surface area (Å²) in [5.74, 6) is 1.40. The van der Waals surface area contributed by atoms with Crippen molar-refractivity contribution in [1.29, 1.82) is 0 Å². The molecule has 0 radical (unpaired) electrons. The maximum Gasteiger partial charge on any atom is 0.137 e. The third-order valence-corrected chi connectivity index (χ3v) is 3.43. The molecule has 0 aliphatic carbocycles. The topological polar surface area (TPSA) is 42.8 Å². The Morgan fingerprint density at radius 2 is 1.65 bits per heavy atom. The summed E-state index contributed by atoms with van der Waals surface area (Å²) in [6.07, 6.45) is 1.71. The van der Waals surface area contributed by atoms with Crippen molar-refractivity contribution < 1.29 is 9.47 Å². The molecule has 0 amide bonds. The number of hydrogen-bond acceptors (Lipinski definition) is 4. The van der Waals surface area contributed by atoms with E-state index < -0.39 is 0 Å². The van der Waals surface area contributed by atoms with Crippen LogP contribution in [-0.4, -0.2) is 20.4 Å². The summed E-state index contributed by atoms with van der Waals surface area (Å²) in [7, 11) is 3.23. The highest BCUT2D eigenvalue weighted by molar-refractivity contribution is 9.10. The number of halogens is 1. The minimum absolute atomic E-state index is 0.700. The van der Waals surface area contributed by atoms with E-state index in [0.717, 1.165) is 15.7 Å². The van der Waals surface area contributed by atoms with E-state index in [4.69, 9.17) is 9.47 Å². The highest BCUT2D eigenvalue weighted by Gasteiger charge is 2.08. The molecule has 5 heteroatoms. The van der Waals surface area contributed by atoms with Gasteiger partial charge in [-0.2, -0.15) is 5.10 Å². The summed E-state index contributed by atoms with van der Waals surface area (Å²) in [4.78, 5) is 0. The van der Waals surface area contributed by atoms with Gasteiger partial charge in [-0.05, 0) is 40.2 Å². The number of ether oxygens (including phenoxy) is 2. The molecule has 0 unspecified atom stereocenters. The predicted octanol–water partition coefficient (Wildman–Crippen LogP) is 3.91. The molecule has 0 bridgehead atoms. The van der Waals surface area contributed by atoms with Gasteiger partial charge in [-0.25, -0.2) is 0 Å². The lowest BCUT2D eigenvalue weighted by molar-refractivity contribution is 0.389. The molecular weight excluding hydrogens is 320 g/mol. The monoisotopic (exact) mass is 334 g/mol. The molecule has 104 valence electrons. The molecule has 0 aliphatic heterocycles. The van der Waals surface area contributed by atoms with Crippen LogP contribution in [0.4, 0.5) is 5.69 Å². The highest BCUT2D eigenvalue weighted by Crippen LogP contribution is 2.35. The van der Waals surface area contributed by atoms with Crippen LogP contribution in [0, 0.1) is 0 Å². The SMILES string of the molecule is COc1cc(C=NNc2ccccc2)cc(OC)c1Br. The molecule has 20 heavy (non-hydrogen) atoms. The van der Waals surface area contributed by atoms with Crippen LogP contribution < -0.4 is 14.9 Å². The minimum atomic E-state index is 0.700. The van der Waals surface area contributed by atoms with Gasteiger partial charge in [0.15, 0.2) is 0 Å². The van der Waals surface area contributed by atoms with Crippen LogP contribution in [0.5, 0.6) is 11.5 Å². The first kappa shape index (κ1) is 14.4. The molecule has 0 saturated carbocycles. The predicted molar refractivity (Wildman–Crippen MR) is 84.9 cm³/mol. The summed E-state index contributed by atoms with van der Waals surface area (Å²) in [5, 5.41) is 4.19. The van der Waals surface area contributed by atoms with Gasteiger partial charge in [-0.15, -0.1) is 0 Å². The van der Waals surface area contributed by atoms with Crippen molar-refractivity contribution in [3.8, 4) is 11.5 Å². The first-order chi connectivity index (χ1) is 9.74. The zero-order valence-electron chi connectivity index (χ0n) is 11.3. The molecule has 2 aromatic rings. The number of rotatable bonds is 5. The lowest BCUT2D eigenvalue weighted by Crippen LogP contribution is -1.94. The molecule has 2 rings (SSSR count). The second kappa shape index (κ2) is 6.96. The number of methoxy groups -OCH3 is 2. The van der Waals surface area contributed by atoms with Crippen molar-refractivity contribution in [1.82, 2.24) is 0 Å². The van der Waals surface area contributed by atoms with E-state index in [2.05, 4.69) is 26.5 Å². The molecule has 1 N–H and O–H groups in total. The molecular formula is C15H15BrN2O2. The second-order valence-corrected chi connectivity index (χ2v) is 4.77. The maximum absolute atomic E-state index is 5.28. The van der Waals surface area contributed by atoms with Gasteiger partial charge < -0.3 is 9.47 Å². The van der Waals surface area contributed by atoms with Crippen molar-refractivity contribution in [3.05, 3.63) is 52.5 Å². The van der Waals surface area contributed by atoms with E-state index in [-0.39, 0.29) is 0 Å². The quantitative estimate of drug-likeness (QED) is 0.665. The fraction of sp³-hybridized carbons (Fsp3) is 0.133. The van der Waals surface area contributed by atoms with E-state index >= 15 is 0 Å². The molecule has 0 aromatic heterocycles. The highest BCUT2D eigenvalue weighted by atomic mass is 79.9. The smallest absolute Gasteiger partial charge is 0.137 e. The molecule has 0 heterocycles. The lowest BCUT2D eigenvalue weighted by Gasteiger charge is -2.09. The van der Waals surface area contributed by atoms with Crippen LogP contribution in [0.3, 0.4) is 0 Å². The summed E-state index contributed by atoms with van der Waals surface area (Å²) in [6, 6.07) is 13.5. The van der Waals surface area contributed by atoms with Crippen molar-refractivity contribution in [2.45, 2.75) is 0 Å². The van der Waals surface area contributed by atoms with Crippen molar-refractivity contribution in [2.24, 2.45) is 5.10 Å². The van der Waals surface area contributed by atoms with Crippen molar-refractivity contribution in [2.75, 3.05) is 19.6 Å². The van der Waals surface area contributed by atoms with Crippen LogP contribution in [0.15, 0.2) is 52.0 Å². The zero-order chi connectivity index (χ0) is 14.4. The Balaban J connectivity index is 2.16. The van der Waals surface area contributed by atoms with Crippen LogP contribution in [-0.2, 0) is 0 Å². The lowest BCUT2D eigenvalue weighted by atomic mass is 10.2. The van der Waals surface area contributed by atoms with E-state index in [1.807, 2.05) is 42.5 Å². The first-order valence-corrected chi connectivity index (χ1v) is 6.79. The molecule has 2 aromatic carbocycles. The molecule has 0 saturated heterocycles. The summed E-state index contributed by atoms with van der Waals surface area (Å²) in [5.41, 5.74) is 4.77. The first-order valence-electron chi connectivity index (χ1n) is 6.00. The number of hydrogen-bond donors (Lipinski definition) is 1. The Labute approximate surface area is 126 Å². The number of nitrogens with one attached hydrogen (secondary N) is 1. The van der Waals surface area contributed by atoms with Crippen molar-refractivity contribution >= 4 is 27.8 Å². The van der Waals surface area contributed by atoms with Gasteiger partial charge in [0.05, 0.1) is 26.1 Å². The Kier molecular flexibility index (Phi) is 5.01. The summed E-state index contributed by atoms with van der Waals surface area (Å²) in [6.45, 7) is 0. The molecule has 4 nitrogen and oxygen atoms in total. The zero-order valence-corrected chi connectivity index (χ0v) is 12.8. The van der Waals surface area contributed by atoms with Crippen LogP contribution >= 0.6 is 15.9 Å². The second-order valence-electron chi connectivity index (χ2n) is 3.98. The minimum Gasteiger partial charge on any atom is -0.495 e. The number of anilines is 1. The standard InChI is InChI=1S/C15H15BrN2O2/c1-19-13-8-11(9-14(20-2)15(13)16)10-17-18-12-6-4-3-5-7-12/h3-10,18H,1-2H3. The van der Waals surface area contributed by atoms with E-state index in [1.54, 1.807) is 20.4 Å². The number of nitrogens with zero attached hydrogens (tertiary/aromatic N) is 1. The van der Waals surface area contributed by atoms with Gasteiger partial charge in [0.25, 0.3) is 0 Å². The van der Waals surface area contributed by atoms with Gasteiger partial charge in [-0.1, -0.05) is 18.2 Å². The molecule has 0 atom stereocenters. The molecule has 0 fully saturated rings. The van der Waals surface area contributed by atoms with Gasteiger partial charge in [0.2, 0.25) is 0 Å². The Hall–Kier alpha value is -2.01. The Bertz CT molecular complexity index is 575. The van der Waals surface area contributed by atoms with Gasteiger partial charge >= 0.3 is 0 Å². The summed E-state index contributed by atoms with van der Waals surface area (Å²) >= 11 is 3.43. The average Bonchev–Trinajstić information content (AvgIpc) is 2.49. The maximum atomic E-state index is 5.28. The third-order valence-electron chi connectivity index (χ3n) is 2.65. The Morgan fingerprint density at radius 1 is 1.05 bits per heavy atom. The van der Waals surface area contributed by atoms with E-state index in [9.17, 15) is 0 Å². The van der Waals surface area contributed by atoms with Crippen LogP contribution in [0.25, 0.3) is 0 Å². The van der Waals surface area contributed by atoms with Crippen LogP contribution in [0.1, 0.15) is 5.56 Å². The molecule has 0 spiro atoms. The van der Waals surface area contributed by atoms with E-state index in [0.29, 0.717) is 11.5 Å².